The van der Waals surface area contributed by atoms with Crippen LogP contribution in [0.25, 0.3) is 0 Å². The number of methoxy groups -OCH3 is 3. The summed E-state index contributed by atoms with van der Waals surface area (Å²) in [6.07, 6.45) is -5.92. The Bertz CT molecular complexity index is 493. The standard InChI is InChI=1S/C16H26O10/c1-8(17)23-11(7-20-4)12-13(24-9(2)18)14(25-10(3)19)15(21-5)16(22-6)26-12/h11-16H,7H2,1-6H3/t11-,12-,13-,14+,15-,16-/m1/s1. The molecule has 0 saturated carbocycles. The molecule has 0 aromatic heterocycles. The zero-order valence-corrected chi connectivity index (χ0v) is 15.8. The maximum atomic E-state index is 11.6. The summed E-state index contributed by atoms with van der Waals surface area (Å²) in [6, 6.07) is 0. The molecule has 0 aromatic carbocycles. The van der Waals surface area contributed by atoms with Gasteiger partial charge in [-0.2, -0.15) is 0 Å². The van der Waals surface area contributed by atoms with Gasteiger partial charge in [-0.3, -0.25) is 14.4 Å². The molecule has 1 rings (SSSR count). The molecule has 0 aliphatic carbocycles. The fraction of sp³-hybridized carbons (Fsp3) is 0.812. The van der Waals surface area contributed by atoms with Crippen molar-refractivity contribution in [2.24, 2.45) is 0 Å². The fourth-order valence-electron chi connectivity index (χ4n) is 2.80. The predicted octanol–water partition coefficient (Wildman–Crippen LogP) is -0.186. The first-order chi connectivity index (χ1) is 12.2. The Labute approximate surface area is 151 Å². The second kappa shape index (κ2) is 10.4. The Morgan fingerprint density at radius 1 is 0.846 bits per heavy atom. The van der Waals surface area contributed by atoms with Gasteiger partial charge in [-0.1, -0.05) is 0 Å². The van der Waals surface area contributed by atoms with Crippen molar-refractivity contribution in [3.63, 3.8) is 0 Å². The molecule has 0 amide bonds. The minimum Gasteiger partial charge on any atom is -0.457 e. The van der Waals surface area contributed by atoms with Crippen LogP contribution in [-0.2, 0) is 47.5 Å². The summed E-state index contributed by atoms with van der Waals surface area (Å²) in [4.78, 5) is 34.6. The van der Waals surface area contributed by atoms with E-state index in [0.717, 1.165) is 0 Å². The van der Waals surface area contributed by atoms with Gasteiger partial charge in [0.2, 0.25) is 0 Å². The first-order valence-electron chi connectivity index (χ1n) is 7.96. The first-order valence-corrected chi connectivity index (χ1v) is 7.96. The minimum atomic E-state index is -1.10. The van der Waals surface area contributed by atoms with E-state index >= 15 is 0 Å². The van der Waals surface area contributed by atoms with Crippen LogP contribution in [0.3, 0.4) is 0 Å². The Kier molecular flexibility index (Phi) is 8.93. The lowest BCUT2D eigenvalue weighted by Gasteiger charge is -2.45. The van der Waals surface area contributed by atoms with E-state index in [-0.39, 0.29) is 6.61 Å². The third-order valence-corrected chi connectivity index (χ3v) is 3.65. The van der Waals surface area contributed by atoms with Gasteiger partial charge in [-0.25, -0.2) is 0 Å². The summed E-state index contributed by atoms with van der Waals surface area (Å²) in [7, 11) is 4.16. The average Bonchev–Trinajstić information content (AvgIpc) is 2.54. The number of hydrogen-bond donors (Lipinski definition) is 0. The largest absolute Gasteiger partial charge is 0.457 e. The lowest BCUT2D eigenvalue weighted by Crippen LogP contribution is -2.64. The van der Waals surface area contributed by atoms with Crippen LogP contribution in [0, 0.1) is 0 Å². The van der Waals surface area contributed by atoms with Crippen LogP contribution in [0.4, 0.5) is 0 Å². The summed E-state index contributed by atoms with van der Waals surface area (Å²) >= 11 is 0. The van der Waals surface area contributed by atoms with Crippen LogP contribution >= 0.6 is 0 Å². The smallest absolute Gasteiger partial charge is 0.303 e. The summed E-state index contributed by atoms with van der Waals surface area (Å²) in [6.45, 7) is 3.59. The van der Waals surface area contributed by atoms with E-state index in [4.69, 9.17) is 33.2 Å². The van der Waals surface area contributed by atoms with Crippen molar-refractivity contribution in [1.29, 1.82) is 0 Å². The van der Waals surface area contributed by atoms with Crippen LogP contribution in [0.2, 0.25) is 0 Å². The molecule has 10 nitrogen and oxygen atoms in total. The van der Waals surface area contributed by atoms with Gasteiger partial charge in [0.25, 0.3) is 0 Å². The second-order valence-corrected chi connectivity index (χ2v) is 5.66. The molecule has 1 saturated heterocycles. The van der Waals surface area contributed by atoms with Crippen LogP contribution in [-0.4, -0.2) is 82.7 Å². The SMILES string of the molecule is COC[C@@H](OC(C)=O)[C@H]1O[C@@H](OC)[C@H](OC)[C@@H](OC(C)=O)[C@@H]1OC(C)=O. The molecule has 10 heteroatoms. The maximum absolute atomic E-state index is 11.6. The van der Waals surface area contributed by atoms with E-state index in [2.05, 4.69) is 0 Å². The van der Waals surface area contributed by atoms with Gasteiger partial charge >= 0.3 is 17.9 Å². The van der Waals surface area contributed by atoms with Crippen LogP contribution in [0.1, 0.15) is 20.8 Å². The van der Waals surface area contributed by atoms with Gasteiger partial charge in [0.05, 0.1) is 6.61 Å². The van der Waals surface area contributed by atoms with Gasteiger partial charge in [0.1, 0.15) is 12.2 Å². The maximum Gasteiger partial charge on any atom is 0.303 e. The number of rotatable bonds is 8. The molecule has 0 radical (unpaired) electrons. The van der Waals surface area contributed by atoms with E-state index in [9.17, 15) is 14.4 Å². The minimum absolute atomic E-state index is 0.0388. The lowest BCUT2D eigenvalue weighted by molar-refractivity contribution is -0.314. The van der Waals surface area contributed by atoms with Crippen molar-refractivity contribution in [3.05, 3.63) is 0 Å². The third-order valence-electron chi connectivity index (χ3n) is 3.65. The summed E-state index contributed by atoms with van der Waals surface area (Å²) in [5.41, 5.74) is 0. The lowest BCUT2D eigenvalue weighted by atomic mass is 9.94. The summed E-state index contributed by atoms with van der Waals surface area (Å²) in [5, 5.41) is 0. The normalized spacial score (nSPS) is 29.5. The molecule has 0 unspecified atom stereocenters. The third kappa shape index (κ3) is 5.90. The molecule has 6 atom stereocenters. The van der Waals surface area contributed by atoms with Gasteiger partial charge in [-0.15, -0.1) is 0 Å². The predicted molar refractivity (Wildman–Crippen MR) is 85.0 cm³/mol. The van der Waals surface area contributed by atoms with E-state index in [0.29, 0.717) is 0 Å². The Morgan fingerprint density at radius 3 is 1.85 bits per heavy atom. The van der Waals surface area contributed by atoms with Gasteiger partial charge in [-0.05, 0) is 0 Å². The van der Waals surface area contributed by atoms with Crippen molar-refractivity contribution in [2.45, 2.75) is 57.6 Å². The van der Waals surface area contributed by atoms with Crippen LogP contribution in [0.5, 0.6) is 0 Å². The highest BCUT2D eigenvalue weighted by Crippen LogP contribution is 2.31. The molecule has 1 heterocycles. The zero-order chi connectivity index (χ0) is 19.9. The molecule has 0 spiro atoms. The molecule has 1 aliphatic rings. The van der Waals surface area contributed by atoms with Crippen molar-refractivity contribution in [3.8, 4) is 0 Å². The quantitative estimate of drug-likeness (QED) is 0.416. The van der Waals surface area contributed by atoms with Gasteiger partial charge in [0, 0.05) is 42.1 Å². The topological polar surface area (TPSA) is 116 Å². The number of carbonyl (C=O) groups is 3. The molecule has 0 aromatic rings. The van der Waals surface area contributed by atoms with Crippen molar-refractivity contribution in [2.75, 3.05) is 27.9 Å². The molecular formula is C16H26O10. The first kappa shape index (κ1) is 22.3. The van der Waals surface area contributed by atoms with Crippen molar-refractivity contribution < 1.29 is 47.5 Å². The molecule has 0 bridgehead atoms. The summed E-state index contributed by atoms with van der Waals surface area (Å²) < 4.78 is 37.4. The van der Waals surface area contributed by atoms with Crippen molar-refractivity contribution >= 4 is 17.9 Å². The Hall–Kier alpha value is -1.75. The number of hydrogen-bond acceptors (Lipinski definition) is 10. The molecular weight excluding hydrogens is 352 g/mol. The van der Waals surface area contributed by atoms with Crippen molar-refractivity contribution in [1.82, 2.24) is 0 Å². The van der Waals surface area contributed by atoms with E-state index in [1.807, 2.05) is 0 Å². The average molecular weight is 378 g/mol. The molecule has 150 valence electrons. The van der Waals surface area contributed by atoms with E-state index in [1.165, 1.54) is 42.1 Å². The highest BCUT2D eigenvalue weighted by molar-refractivity contribution is 5.68. The fourth-order valence-corrected chi connectivity index (χ4v) is 2.80. The number of carbonyl (C=O) groups excluding carboxylic acids is 3. The Balaban J connectivity index is 3.29. The van der Waals surface area contributed by atoms with E-state index in [1.54, 1.807) is 0 Å². The van der Waals surface area contributed by atoms with Gasteiger partial charge in [0.15, 0.2) is 24.6 Å². The van der Waals surface area contributed by atoms with Crippen LogP contribution in [0.15, 0.2) is 0 Å². The molecule has 26 heavy (non-hydrogen) atoms. The number of ether oxygens (including phenoxy) is 7. The van der Waals surface area contributed by atoms with Gasteiger partial charge < -0.3 is 33.2 Å². The molecule has 1 aliphatic heterocycles. The Morgan fingerprint density at radius 2 is 1.42 bits per heavy atom. The zero-order valence-electron chi connectivity index (χ0n) is 15.8. The van der Waals surface area contributed by atoms with Crippen LogP contribution < -0.4 is 0 Å². The molecule has 0 N–H and O–H groups in total. The van der Waals surface area contributed by atoms with E-state index < -0.39 is 54.7 Å². The number of esters is 3. The summed E-state index contributed by atoms with van der Waals surface area (Å²) in [5.74, 6) is -1.82. The second-order valence-electron chi connectivity index (χ2n) is 5.66. The molecule has 1 fully saturated rings. The highest BCUT2D eigenvalue weighted by Gasteiger charge is 2.53. The monoisotopic (exact) mass is 378 g/mol. The highest BCUT2D eigenvalue weighted by atomic mass is 16.7.